The summed E-state index contributed by atoms with van der Waals surface area (Å²) < 4.78 is 136. The summed E-state index contributed by atoms with van der Waals surface area (Å²) in [5.74, 6) is 3.88. The van der Waals surface area contributed by atoms with Crippen molar-refractivity contribution in [3.8, 4) is 5.75 Å². The minimum Gasteiger partial charge on any atom is -1.00 e. The summed E-state index contributed by atoms with van der Waals surface area (Å²) in [6.07, 6.45) is 1.68. The van der Waals surface area contributed by atoms with Gasteiger partial charge in [0.25, 0.3) is 0 Å². The molecule has 8 nitrogen and oxygen atoms in total. The number of hydrogen-bond acceptors (Lipinski definition) is 8. The van der Waals surface area contributed by atoms with Crippen molar-refractivity contribution in [2.24, 2.45) is 35.5 Å². The molecule has 2 aliphatic carbocycles. The monoisotopic (exact) mass is 854 g/mol. The average molecular weight is 855 g/mol. The molecule has 18 heteroatoms. The molecular weight excluding hydrogens is 801 g/mol. The Morgan fingerprint density at radius 1 is 0.679 bits per heavy atom. The van der Waals surface area contributed by atoms with Gasteiger partial charge in [-0.1, -0.05) is 0 Å². The van der Waals surface area contributed by atoms with Gasteiger partial charge in [0.15, 0.2) is 19.7 Å². The van der Waals surface area contributed by atoms with Gasteiger partial charge in [0, 0.05) is 19.1 Å². The van der Waals surface area contributed by atoms with Gasteiger partial charge in [-0.2, -0.15) is 26.3 Å². The molecule has 4 atom stereocenters. The van der Waals surface area contributed by atoms with E-state index in [9.17, 15) is 47.6 Å². The molecule has 2 saturated heterocycles. The van der Waals surface area contributed by atoms with Gasteiger partial charge in [0.05, 0.1) is 29.5 Å². The van der Waals surface area contributed by atoms with Crippen molar-refractivity contribution in [3.05, 3.63) is 54.3 Å². The molecule has 2 aromatic carbocycles. The van der Waals surface area contributed by atoms with E-state index in [1.807, 2.05) is 0 Å². The van der Waals surface area contributed by atoms with Gasteiger partial charge in [-0.3, -0.25) is 9.80 Å². The molecule has 4 fully saturated rings. The third-order valence-electron chi connectivity index (χ3n) is 11.0. The summed E-state index contributed by atoms with van der Waals surface area (Å²) in [4.78, 5) is 3.43. The van der Waals surface area contributed by atoms with E-state index in [1.54, 1.807) is 24.3 Å². The Balaban J connectivity index is 0.000000320. The summed E-state index contributed by atoms with van der Waals surface area (Å²) in [5, 5.41) is 8.83. The standard InChI is InChI=1S/C19H26F3NO3S.C12H20F3NO.C7H7FO2S.Na.H/c1-27(24,25)17-4-2-16(3-5-17)26-11-8-15-12-18(15)14-6-9-23(10-7-14)13-19(20,21)22;13-12(14,15)8-16-4-1-9(2-5-16)11-7-10(11)3-6-17;1-11(9,10)7-4-2-6(8)3-5-7;;/h2-5,14-15,18H,6-13H2,1H3;9-11,17H,1-8H2;2-5H,1H3;;/q;;;+1;-1/t15-,18-;10-,11-;;;/m11.../s1. The van der Waals surface area contributed by atoms with Crippen LogP contribution in [0.3, 0.4) is 0 Å². The SMILES string of the molecule is CS(=O)(=O)c1ccc(F)cc1.CS(=O)(=O)c1ccc(OCC[C@@H]2C[C@@H]2C2CCN(CC(F)(F)F)CC2)cc1.OCC[C@@H]1C[C@@H]1C1CCN(CC(F)(F)F)CC1.[H-].[Na+]. The minimum atomic E-state index is -4.11. The van der Waals surface area contributed by atoms with Gasteiger partial charge in [-0.05, 0) is 162 Å². The molecule has 314 valence electrons. The van der Waals surface area contributed by atoms with Crippen LogP contribution in [0.25, 0.3) is 0 Å². The van der Waals surface area contributed by atoms with Crippen molar-refractivity contribution in [2.75, 3.05) is 65.0 Å². The normalized spacial score (nSPS) is 23.8. The number of sulfone groups is 2. The number of rotatable bonds is 12. The minimum absolute atomic E-state index is 0. The van der Waals surface area contributed by atoms with Gasteiger partial charge in [-0.25, -0.2) is 21.2 Å². The zero-order chi connectivity index (χ0) is 40.6. The molecule has 1 N–H and O–H groups in total. The maximum atomic E-state index is 12.4. The fourth-order valence-corrected chi connectivity index (χ4v) is 9.17. The van der Waals surface area contributed by atoms with Crippen molar-refractivity contribution in [1.82, 2.24) is 9.80 Å². The Labute approximate surface area is 350 Å². The molecule has 2 aromatic rings. The first-order valence-electron chi connectivity index (χ1n) is 18.7. The van der Waals surface area contributed by atoms with E-state index in [-0.39, 0.29) is 47.4 Å². The van der Waals surface area contributed by atoms with Crippen molar-refractivity contribution < 1.29 is 88.4 Å². The second-order valence-corrected chi connectivity index (χ2v) is 19.4. The maximum absolute atomic E-state index is 12.4. The Hall–Kier alpha value is -1.47. The number of ether oxygens (including phenoxy) is 1. The summed E-state index contributed by atoms with van der Waals surface area (Å²) >= 11 is 0. The molecule has 2 heterocycles. The predicted molar refractivity (Wildman–Crippen MR) is 196 cm³/mol. The fourth-order valence-electron chi connectivity index (χ4n) is 7.90. The van der Waals surface area contributed by atoms with Crippen LogP contribution < -0.4 is 34.3 Å². The first-order chi connectivity index (χ1) is 25.6. The molecule has 0 spiro atoms. The summed E-state index contributed by atoms with van der Waals surface area (Å²) in [7, 11) is -6.39. The van der Waals surface area contributed by atoms with Crippen LogP contribution in [-0.4, -0.2) is 109 Å². The van der Waals surface area contributed by atoms with Gasteiger partial charge in [0.2, 0.25) is 0 Å². The third-order valence-corrected chi connectivity index (χ3v) is 13.2. The fraction of sp³-hybridized carbons (Fsp3) is 0.684. The number of halogens is 7. The van der Waals surface area contributed by atoms with Gasteiger partial charge >= 0.3 is 41.9 Å². The van der Waals surface area contributed by atoms with E-state index in [0.717, 1.165) is 63.3 Å². The molecule has 0 bridgehead atoms. The summed E-state index contributed by atoms with van der Waals surface area (Å²) in [6.45, 7) is 1.50. The summed E-state index contributed by atoms with van der Waals surface area (Å²) in [6, 6.07) is 11.1. The van der Waals surface area contributed by atoms with Crippen molar-refractivity contribution >= 4 is 19.7 Å². The largest absolute Gasteiger partial charge is 1.00 e. The molecular formula is C38H54F7N2NaO6S2. The van der Waals surface area contributed by atoms with E-state index < -0.39 is 50.9 Å². The number of benzene rings is 2. The van der Waals surface area contributed by atoms with E-state index in [2.05, 4.69) is 0 Å². The van der Waals surface area contributed by atoms with Crippen LogP contribution in [0.4, 0.5) is 30.7 Å². The summed E-state index contributed by atoms with van der Waals surface area (Å²) in [5.41, 5.74) is 0. The number of piperidine rings is 2. The van der Waals surface area contributed by atoms with Crippen molar-refractivity contribution in [2.45, 2.75) is 73.5 Å². The maximum Gasteiger partial charge on any atom is 1.00 e. The predicted octanol–water partition coefficient (Wildman–Crippen LogP) is 4.39. The van der Waals surface area contributed by atoms with Crippen LogP contribution in [0.5, 0.6) is 5.75 Å². The second-order valence-electron chi connectivity index (χ2n) is 15.4. The number of alkyl halides is 6. The van der Waals surface area contributed by atoms with Gasteiger partial charge in [0.1, 0.15) is 11.6 Å². The van der Waals surface area contributed by atoms with Crippen molar-refractivity contribution in [1.29, 1.82) is 0 Å². The number of aliphatic hydroxyl groups is 1. The van der Waals surface area contributed by atoms with E-state index in [4.69, 9.17) is 9.84 Å². The molecule has 2 aliphatic heterocycles. The number of aliphatic hydroxyl groups excluding tert-OH is 1. The number of hydrogen-bond donors (Lipinski definition) is 1. The van der Waals surface area contributed by atoms with E-state index >= 15 is 0 Å². The number of likely N-dealkylation sites (tertiary alicyclic amines) is 2. The first-order valence-corrected chi connectivity index (χ1v) is 22.5. The molecule has 0 radical (unpaired) electrons. The average Bonchev–Trinajstić information content (AvgIpc) is 4.02. The van der Waals surface area contributed by atoms with Crippen LogP contribution in [0.1, 0.15) is 52.8 Å². The van der Waals surface area contributed by atoms with E-state index in [1.165, 1.54) is 34.6 Å². The Bertz CT molecular complexity index is 1710. The Morgan fingerprint density at radius 2 is 1.05 bits per heavy atom. The molecule has 2 saturated carbocycles. The Kier molecular flexibility index (Phi) is 18.5. The van der Waals surface area contributed by atoms with Crippen LogP contribution in [0, 0.1) is 41.3 Å². The molecule has 0 aromatic heterocycles. The smallest absolute Gasteiger partial charge is 1.00 e. The number of nitrogens with zero attached hydrogens (tertiary/aromatic N) is 2. The van der Waals surface area contributed by atoms with Crippen LogP contribution >= 0.6 is 0 Å². The van der Waals surface area contributed by atoms with Crippen molar-refractivity contribution in [3.63, 3.8) is 0 Å². The zero-order valence-electron chi connectivity index (χ0n) is 33.2. The zero-order valence-corrected chi connectivity index (χ0v) is 35.9. The quantitative estimate of drug-likeness (QED) is 0.191. The molecule has 56 heavy (non-hydrogen) atoms. The molecule has 6 rings (SSSR count). The first kappa shape index (κ1) is 48.9. The van der Waals surface area contributed by atoms with Crippen LogP contribution in [0.15, 0.2) is 58.3 Å². The van der Waals surface area contributed by atoms with E-state index in [0.29, 0.717) is 74.0 Å². The van der Waals surface area contributed by atoms with Gasteiger partial charge < -0.3 is 11.3 Å². The molecule has 0 amide bonds. The van der Waals surface area contributed by atoms with Crippen LogP contribution in [0.2, 0.25) is 0 Å². The topological polar surface area (TPSA) is 104 Å². The second kappa shape index (κ2) is 21.2. The third kappa shape index (κ3) is 17.4. The molecule has 0 unspecified atom stereocenters. The molecule has 4 aliphatic rings. The van der Waals surface area contributed by atoms with Crippen LogP contribution in [-0.2, 0) is 19.7 Å². The van der Waals surface area contributed by atoms with Gasteiger partial charge in [-0.15, -0.1) is 0 Å². The Morgan fingerprint density at radius 3 is 1.41 bits per heavy atom.